The quantitative estimate of drug-likeness (QED) is 0.923. The second-order valence-electron chi connectivity index (χ2n) is 5.47. The average Bonchev–Trinajstić information content (AvgIpc) is 2.98. The highest BCUT2D eigenvalue weighted by atomic mass is 32.2. The maximum atomic E-state index is 12.5. The van der Waals surface area contributed by atoms with Crippen LogP contribution in [0.1, 0.15) is 29.2 Å². The Morgan fingerprint density at radius 3 is 2.52 bits per heavy atom. The number of sulfonamides is 1. The number of rotatable bonds is 4. The van der Waals surface area contributed by atoms with Crippen LogP contribution in [0.5, 0.6) is 0 Å². The van der Waals surface area contributed by atoms with Crippen molar-refractivity contribution < 1.29 is 13.2 Å². The standard InChI is InChI=1S/C17H17NO3S2/c1-12(13-7-3-2-4-8-13)23(20,21)18-17(19)15-11-22-16-10-6-5-9-14(15)16/h2-10,12,15H,11H2,1H3,(H,18,19)/t12-,15+/m0/s1. The summed E-state index contributed by atoms with van der Waals surface area (Å²) in [6.45, 7) is 1.59. The molecule has 3 rings (SSSR count). The number of hydrogen-bond acceptors (Lipinski definition) is 4. The first kappa shape index (κ1) is 16.1. The van der Waals surface area contributed by atoms with Gasteiger partial charge in [0, 0.05) is 10.6 Å². The lowest BCUT2D eigenvalue weighted by molar-refractivity contribution is -0.120. The van der Waals surface area contributed by atoms with Crippen molar-refractivity contribution in [2.24, 2.45) is 0 Å². The fraction of sp³-hybridized carbons (Fsp3) is 0.235. The number of amides is 1. The van der Waals surface area contributed by atoms with Gasteiger partial charge in [0.25, 0.3) is 0 Å². The van der Waals surface area contributed by atoms with Crippen LogP contribution in [-0.2, 0) is 14.8 Å². The van der Waals surface area contributed by atoms with E-state index in [-0.39, 0.29) is 0 Å². The molecule has 2 aromatic carbocycles. The van der Waals surface area contributed by atoms with Gasteiger partial charge < -0.3 is 0 Å². The molecule has 1 heterocycles. The molecule has 1 N–H and O–H groups in total. The van der Waals surface area contributed by atoms with Gasteiger partial charge in [0.05, 0.1) is 5.92 Å². The van der Waals surface area contributed by atoms with E-state index in [2.05, 4.69) is 4.72 Å². The average molecular weight is 347 g/mol. The van der Waals surface area contributed by atoms with E-state index in [1.54, 1.807) is 43.0 Å². The minimum atomic E-state index is -3.76. The largest absolute Gasteiger partial charge is 0.273 e. The molecule has 0 radical (unpaired) electrons. The van der Waals surface area contributed by atoms with Gasteiger partial charge in [0.2, 0.25) is 15.9 Å². The summed E-state index contributed by atoms with van der Waals surface area (Å²) < 4.78 is 27.2. The molecule has 23 heavy (non-hydrogen) atoms. The van der Waals surface area contributed by atoms with Crippen LogP contribution < -0.4 is 4.72 Å². The predicted molar refractivity (Wildman–Crippen MR) is 91.8 cm³/mol. The van der Waals surface area contributed by atoms with Crippen LogP contribution in [0.3, 0.4) is 0 Å². The third-order valence-corrected chi connectivity index (χ3v) is 6.87. The molecule has 0 fully saturated rings. The number of hydrogen-bond donors (Lipinski definition) is 1. The Morgan fingerprint density at radius 1 is 1.13 bits per heavy atom. The van der Waals surface area contributed by atoms with Crippen molar-refractivity contribution in [1.29, 1.82) is 0 Å². The Kier molecular flexibility index (Phi) is 4.46. The minimum Gasteiger partial charge on any atom is -0.273 e. The van der Waals surface area contributed by atoms with Crippen molar-refractivity contribution in [3.8, 4) is 0 Å². The molecule has 1 aliphatic rings. The van der Waals surface area contributed by atoms with E-state index < -0.39 is 27.1 Å². The van der Waals surface area contributed by atoms with Crippen LogP contribution in [0.2, 0.25) is 0 Å². The molecule has 120 valence electrons. The highest BCUT2D eigenvalue weighted by molar-refractivity contribution is 7.99. The molecule has 2 atom stereocenters. The molecular weight excluding hydrogens is 330 g/mol. The lowest BCUT2D eigenvalue weighted by Gasteiger charge is -2.16. The lowest BCUT2D eigenvalue weighted by Crippen LogP contribution is -2.37. The molecule has 6 heteroatoms. The fourth-order valence-electron chi connectivity index (χ4n) is 2.58. The van der Waals surface area contributed by atoms with Crippen molar-refractivity contribution in [3.05, 3.63) is 65.7 Å². The zero-order valence-electron chi connectivity index (χ0n) is 12.6. The molecule has 0 bridgehead atoms. The Balaban J connectivity index is 1.78. The summed E-state index contributed by atoms with van der Waals surface area (Å²) >= 11 is 1.58. The van der Waals surface area contributed by atoms with Crippen LogP contribution in [0.25, 0.3) is 0 Å². The maximum absolute atomic E-state index is 12.5. The van der Waals surface area contributed by atoms with E-state index in [4.69, 9.17) is 0 Å². The maximum Gasteiger partial charge on any atom is 0.241 e. The zero-order chi connectivity index (χ0) is 16.4. The van der Waals surface area contributed by atoms with Crippen LogP contribution >= 0.6 is 11.8 Å². The van der Waals surface area contributed by atoms with Gasteiger partial charge in [-0.15, -0.1) is 11.8 Å². The zero-order valence-corrected chi connectivity index (χ0v) is 14.2. The van der Waals surface area contributed by atoms with Crippen LogP contribution in [0.4, 0.5) is 0 Å². The second-order valence-corrected chi connectivity index (χ2v) is 8.53. The summed E-state index contributed by atoms with van der Waals surface area (Å²) in [5.74, 6) is -0.306. The molecule has 1 amide bonds. The third-order valence-electron chi connectivity index (χ3n) is 3.99. The van der Waals surface area contributed by atoms with E-state index in [9.17, 15) is 13.2 Å². The van der Waals surface area contributed by atoms with Crippen molar-refractivity contribution >= 4 is 27.7 Å². The molecule has 0 aliphatic carbocycles. The first-order valence-electron chi connectivity index (χ1n) is 7.31. The number of fused-ring (bicyclic) bond motifs is 1. The van der Waals surface area contributed by atoms with Crippen molar-refractivity contribution in [1.82, 2.24) is 4.72 Å². The molecule has 0 spiro atoms. The third kappa shape index (κ3) is 3.28. The first-order valence-corrected chi connectivity index (χ1v) is 9.84. The molecule has 4 nitrogen and oxygen atoms in total. The van der Waals surface area contributed by atoms with Gasteiger partial charge in [-0.3, -0.25) is 9.52 Å². The van der Waals surface area contributed by atoms with Crippen LogP contribution in [0, 0.1) is 0 Å². The van der Waals surface area contributed by atoms with Gasteiger partial charge in [-0.2, -0.15) is 0 Å². The van der Waals surface area contributed by atoms with Crippen molar-refractivity contribution in [2.75, 3.05) is 5.75 Å². The highest BCUT2D eigenvalue weighted by Crippen LogP contribution is 2.39. The molecule has 0 aromatic heterocycles. The minimum absolute atomic E-state index is 0.422. The molecule has 1 aliphatic heterocycles. The number of carbonyl (C=O) groups excluding carboxylic acids is 1. The lowest BCUT2D eigenvalue weighted by atomic mass is 10.0. The number of benzene rings is 2. The fourth-order valence-corrected chi connectivity index (χ4v) is 4.93. The van der Waals surface area contributed by atoms with E-state index in [1.165, 1.54) is 0 Å². The Labute approximate surface area is 140 Å². The Hall–Kier alpha value is -1.79. The van der Waals surface area contributed by atoms with E-state index in [0.29, 0.717) is 11.3 Å². The number of nitrogens with one attached hydrogen (secondary N) is 1. The summed E-state index contributed by atoms with van der Waals surface area (Å²) in [6.07, 6.45) is 0. The Morgan fingerprint density at radius 2 is 1.78 bits per heavy atom. The molecule has 0 unspecified atom stereocenters. The molecular formula is C17H17NO3S2. The second kappa shape index (κ2) is 6.37. The first-order chi connectivity index (χ1) is 11.0. The van der Waals surface area contributed by atoms with Crippen molar-refractivity contribution in [2.45, 2.75) is 23.0 Å². The van der Waals surface area contributed by atoms with Crippen molar-refractivity contribution in [3.63, 3.8) is 0 Å². The number of thioether (sulfide) groups is 1. The molecule has 0 saturated carbocycles. The number of carbonyl (C=O) groups is 1. The Bertz CT molecular complexity index is 819. The van der Waals surface area contributed by atoms with E-state index in [0.717, 1.165) is 10.5 Å². The predicted octanol–water partition coefficient (Wildman–Crippen LogP) is 3.08. The van der Waals surface area contributed by atoms with Gasteiger partial charge in [-0.1, -0.05) is 48.5 Å². The van der Waals surface area contributed by atoms with Gasteiger partial charge in [0.15, 0.2) is 0 Å². The topological polar surface area (TPSA) is 63.2 Å². The summed E-state index contributed by atoms with van der Waals surface area (Å²) in [7, 11) is -3.76. The monoisotopic (exact) mass is 347 g/mol. The summed E-state index contributed by atoms with van der Waals surface area (Å²) in [6, 6.07) is 16.5. The van der Waals surface area contributed by atoms with Gasteiger partial charge >= 0.3 is 0 Å². The molecule has 0 saturated heterocycles. The summed E-state index contributed by atoms with van der Waals surface area (Å²) in [4.78, 5) is 13.5. The van der Waals surface area contributed by atoms with Gasteiger partial charge in [-0.25, -0.2) is 8.42 Å². The summed E-state index contributed by atoms with van der Waals surface area (Å²) in [5, 5.41) is -0.781. The van der Waals surface area contributed by atoms with Gasteiger partial charge in [-0.05, 0) is 24.1 Å². The van der Waals surface area contributed by atoms with Crippen LogP contribution in [0.15, 0.2) is 59.5 Å². The smallest absolute Gasteiger partial charge is 0.241 e. The van der Waals surface area contributed by atoms with E-state index >= 15 is 0 Å². The normalized spacial score (nSPS) is 18.2. The van der Waals surface area contributed by atoms with Crippen LogP contribution in [-0.4, -0.2) is 20.1 Å². The van der Waals surface area contributed by atoms with E-state index in [1.807, 2.05) is 30.3 Å². The SMILES string of the molecule is C[C@@H](c1ccccc1)S(=O)(=O)NC(=O)[C@@H]1CSc2ccccc21. The molecule has 2 aromatic rings. The highest BCUT2D eigenvalue weighted by Gasteiger charge is 2.33. The summed E-state index contributed by atoms with van der Waals surface area (Å²) in [5.41, 5.74) is 1.56. The van der Waals surface area contributed by atoms with Gasteiger partial charge in [0.1, 0.15) is 5.25 Å².